The van der Waals surface area contributed by atoms with Gasteiger partial charge in [-0.2, -0.15) is 4.31 Å². The molecule has 0 amide bonds. The van der Waals surface area contributed by atoms with Crippen molar-refractivity contribution in [3.63, 3.8) is 0 Å². The van der Waals surface area contributed by atoms with E-state index in [0.717, 1.165) is 32.7 Å². The molecule has 2 aliphatic heterocycles. The average Bonchev–Trinajstić information content (AvgIpc) is 2.47. The first-order chi connectivity index (χ1) is 10.9. The molecule has 0 aliphatic carbocycles. The standard InChI is InChI=1S/C16H24FN3O2S/c1-13-9-15(3-4-16(13)17)23(21,22)20-11-14(12-20)10-19-7-5-18(2)6-8-19/h3-4,9,14H,5-8,10-12H2,1-2H3. The zero-order valence-electron chi connectivity index (χ0n) is 13.7. The minimum atomic E-state index is -3.48. The molecule has 3 rings (SSSR count). The average molecular weight is 341 g/mol. The molecule has 0 N–H and O–H groups in total. The van der Waals surface area contributed by atoms with Gasteiger partial charge in [-0.05, 0) is 43.7 Å². The summed E-state index contributed by atoms with van der Waals surface area (Å²) in [5.41, 5.74) is 0.362. The van der Waals surface area contributed by atoms with Crippen LogP contribution >= 0.6 is 0 Å². The Morgan fingerprint density at radius 3 is 2.43 bits per heavy atom. The Labute approximate surface area is 137 Å². The Hall–Kier alpha value is -1.02. The van der Waals surface area contributed by atoms with Crippen molar-refractivity contribution in [2.24, 2.45) is 5.92 Å². The van der Waals surface area contributed by atoms with Gasteiger partial charge in [0.15, 0.2) is 0 Å². The topological polar surface area (TPSA) is 43.9 Å². The molecular formula is C16H24FN3O2S. The van der Waals surface area contributed by atoms with Gasteiger partial charge in [-0.15, -0.1) is 0 Å². The van der Waals surface area contributed by atoms with Gasteiger partial charge in [-0.1, -0.05) is 0 Å². The molecule has 2 saturated heterocycles. The minimum absolute atomic E-state index is 0.189. The van der Waals surface area contributed by atoms with E-state index in [9.17, 15) is 12.8 Å². The van der Waals surface area contributed by atoms with Gasteiger partial charge in [0.25, 0.3) is 0 Å². The summed E-state index contributed by atoms with van der Waals surface area (Å²) in [7, 11) is -1.36. The summed E-state index contributed by atoms with van der Waals surface area (Å²) in [6.45, 7) is 7.92. The largest absolute Gasteiger partial charge is 0.304 e. The molecule has 128 valence electrons. The quantitative estimate of drug-likeness (QED) is 0.820. The van der Waals surface area contributed by atoms with Crippen LogP contribution < -0.4 is 0 Å². The van der Waals surface area contributed by atoms with E-state index in [1.807, 2.05) is 0 Å². The molecule has 0 saturated carbocycles. The van der Waals surface area contributed by atoms with E-state index in [2.05, 4.69) is 16.8 Å². The lowest BCUT2D eigenvalue weighted by Gasteiger charge is -2.42. The van der Waals surface area contributed by atoms with E-state index in [-0.39, 0.29) is 10.7 Å². The van der Waals surface area contributed by atoms with E-state index in [4.69, 9.17) is 0 Å². The van der Waals surface area contributed by atoms with Gasteiger partial charge in [0.1, 0.15) is 5.82 Å². The first kappa shape index (κ1) is 16.8. The fraction of sp³-hybridized carbons (Fsp3) is 0.625. The Morgan fingerprint density at radius 2 is 1.83 bits per heavy atom. The second-order valence-corrected chi connectivity index (χ2v) is 8.64. The maximum atomic E-state index is 13.3. The van der Waals surface area contributed by atoms with E-state index in [1.54, 1.807) is 6.92 Å². The number of rotatable bonds is 4. The summed E-state index contributed by atoms with van der Waals surface area (Å²) < 4.78 is 39.9. The van der Waals surface area contributed by atoms with Crippen LogP contribution in [0.5, 0.6) is 0 Å². The highest BCUT2D eigenvalue weighted by Crippen LogP contribution is 2.26. The molecule has 2 fully saturated rings. The maximum absolute atomic E-state index is 13.3. The fourth-order valence-electron chi connectivity index (χ4n) is 3.16. The van der Waals surface area contributed by atoms with E-state index in [0.29, 0.717) is 24.6 Å². The van der Waals surface area contributed by atoms with Gasteiger partial charge in [0.05, 0.1) is 4.90 Å². The molecule has 0 aromatic heterocycles. The van der Waals surface area contributed by atoms with Crippen molar-refractivity contribution >= 4 is 10.0 Å². The van der Waals surface area contributed by atoms with Crippen molar-refractivity contribution < 1.29 is 12.8 Å². The monoisotopic (exact) mass is 341 g/mol. The summed E-state index contributed by atoms with van der Waals surface area (Å²) in [5, 5.41) is 0. The molecule has 2 heterocycles. The predicted octanol–water partition coefficient (Wildman–Crippen LogP) is 1.00. The first-order valence-corrected chi connectivity index (χ1v) is 9.47. The Balaban J connectivity index is 1.56. The molecule has 1 aromatic carbocycles. The molecule has 0 bridgehead atoms. The molecule has 0 spiro atoms. The van der Waals surface area contributed by atoms with Crippen molar-refractivity contribution in [2.45, 2.75) is 11.8 Å². The lowest BCUT2D eigenvalue weighted by molar-refractivity contribution is 0.0940. The molecule has 23 heavy (non-hydrogen) atoms. The molecule has 1 aromatic rings. The van der Waals surface area contributed by atoms with Crippen LogP contribution in [0.15, 0.2) is 23.1 Å². The van der Waals surface area contributed by atoms with Crippen molar-refractivity contribution in [1.29, 1.82) is 0 Å². The highest BCUT2D eigenvalue weighted by atomic mass is 32.2. The third-order valence-electron chi connectivity index (χ3n) is 4.80. The van der Waals surface area contributed by atoms with Crippen LogP contribution in [0.25, 0.3) is 0 Å². The fourth-order valence-corrected chi connectivity index (χ4v) is 4.83. The van der Waals surface area contributed by atoms with Gasteiger partial charge in [0.2, 0.25) is 10.0 Å². The summed E-state index contributed by atoms with van der Waals surface area (Å²) in [4.78, 5) is 4.91. The third-order valence-corrected chi connectivity index (χ3v) is 6.63. The van der Waals surface area contributed by atoms with Crippen molar-refractivity contribution in [3.05, 3.63) is 29.6 Å². The molecule has 0 radical (unpaired) electrons. The summed E-state index contributed by atoms with van der Waals surface area (Å²) in [6, 6.07) is 3.99. The Morgan fingerprint density at radius 1 is 1.17 bits per heavy atom. The van der Waals surface area contributed by atoms with Crippen LogP contribution in [0.3, 0.4) is 0 Å². The van der Waals surface area contributed by atoms with Crippen LogP contribution in [0, 0.1) is 18.7 Å². The predicted molar refractivity (Wildman–Crippen MR) is 87.3 cm³/mol. The summed E-state index contributed by atoms with van der Waals surface area (Å²) in [5.74, 6) is 0.0234. The molecular weight excluding hydrogens is 317 g/mol. The number of likely N-dealkylation sites (N-methyl/N-ethyl adjacent to an activating group) is 1. The summed E-state index contributed by atoms with van der Waals surface area (Å²) >= 11 is 0. The van der Waals surface area contributed by atoms with Gasteiger partial charge in [0, 0.05) is 45.8 Å². The second kappa shape index (κ2) is 6.47. The van der Waals surface area contributed by atoms with Crippen LogP contribution in [-0.2, 0) is 10.0 Å². The normalized spacial score (nSPS) is 22.2. The van der Waals surface area contributed by atoms with Crippen molar-refractivity contribution in [1.82, 2.24) is 14.1 Å². The third kappa shape index (κ3) is 3.57. The van der Waals surface area contributed by atoms with E-state index in [1.165, 1.54) is 22.5 Å². The lowest BCUT2D eigenvalue weighted by Crippen LogP contribution is -2.55. The first-order valence-electron chi connectivity index (χ1n) is 8.03. The summed E-state index contributed by atoms with van der Waals surface area (Å²) in [6.07, 6.45) is 0. The zero-order valence-corrected chi connectivity index (χ0v) is 14.5. The van der Waals surface area contributed by atoms with Crippen LogP contribution in [0.1, 0.15) is 5.56 Å². The smallest absolute Gasteiger partial charge is 0.243 e. The van der Waals surface area contributed by atoms with Gasteiger partial charge in [-0.25, -0.2) is 12.8 Å². The van der Waals surface area contributed by atoms with Crippen molar-refractivity contribution in [3.8, 4) is 0 Å². The van der Waals surface area contributed by atoms with Crippen LogP contribution in [-0.4, -0.2) is 75.4 Å². The Kier molecular flexibility index (Phi) is 4.73. The van der Waals surface area contributed by atoms with Crippen LogP contribution in [0.4, 0.5) is 4.39 Å². The Bertz CT molecular complexity index is 666. The van der Waals surface area contributed by atoms with Crippen LogP contribution in [0.2, 0.25) is 0 Å². The lowest BCUT2D eigenvalue weighted by atomic mass is 10.0. The number of benzene rings is 1. The highest BCUT2D eigenvalue weighted by Gasteiger charge is 2.37. The van der Waals surface area contributed by atoms with E-state index >= 15 is 0 Å². The SMILES string of the molecule is Cc1cc(S(=O)(=O)N2CC(CN3CCN(C)CC3)C2)ccc1F. The molecule has 5 nitrogen and oxygen atoms in total. The number of aryl methyl sites for hydroxylation is 1. The molecule has 7 heteroatoms. The molecule has 0 atom stereocenters. The van der Waals surface area contributed by atoms with Gasteiger partial charge < -0.3 is 9.80 Å². The highest BCUT2D eigenvalue weighted by molar-refractivity contribution is 7.89. The number of hydrogen-bond acceptors (Lipinski definition) is 4. The molecule has 0 unspecified atom stereocenters. The maximum Gasteiger partial charge on any atom is 0.243 e. The number of nitrogens with zero attached hydrogens (tertiary/aromatic N) is 3. The van der Waals surface area contributed by atoms with Crippen molar-refractivity contribution in [2.75, 3.05) is 52.9 Å². The number of halogens is 1. The van der Waals surface area contributed by atoms with Gasteiger partial charge in [-0.3, -0.25) is 0 Å². The number of piperazine rings is 1. The minimum Gasteiger partial charge on any atom is -0.304 e. The van der Waals surface area contributed by atoms with E-state index < -0.39 is 10.0 Å². The van der Waals surface area contributed by atoms with Gasteiger partial charge >= 0.3 is 0 Å². The second-order valence-electron chi connectivity index (χ2n) is 6.70. The number of hydrogen-bond donors (Lipinski definition) is 0. The molecule has 2 aliphatic rings. The zero-order chi connectivity index (χ0) is 16.6. The number of sulfonamides is 1.